The number of benzene rings is 2. The predicted molar refractivity (Wildman–Crippen MR) is 116 cm³/mol. The third-order valence-corrected chi connectivity index (χ3v) is 4.59. The highest BCUT2D eigenvalue weighted by Crippen LogP contribution is 2.28. The number of rotatable bonds is 9. The van der Waals surface area contributed by atoms with E-state index >= 15 is 0 Å². The van der Waals surface area contributed by atoms with Gasteiger partial charge in [-0.1, -0.05) is 0 Å². The van der Waals surface area contributed by atoms with Crippen molar-refractivity contribution < 1.29 is 33.0 Å². The summed E-state index contributed by atoms with van der Waals surface area (Å²) in [5.41, 5.74) is -0.455. The van der Waals surface area contributed by atoms with Gasteiger partial charge in [-0.05, 0) is 42.8 Å². The second-order valence-electron chi connectivity index (χ2n) is 6.71. The zero-order valence-electron chi connectivity index (χ0n) is 17.9. The Balaban J connectivity index is 1.77. The second kappa shape index (κ2) is 10.5. The standard InChI is InChI=1S/C23H23NO8/c1-28-10-4-9-24-21(25)17-11-14-5-7-16(13-19(14)32-23(17)27)31-22(26)15-6-8-18(29-2)20(12-15)30-3/h5-8,11-13H,4,9-10H2,1-3H3,(H,24,25). The van der Waals surface area contributed by atoms with E-state index in [0.29, 0.717) is 36.5 Å². The average molecular weight is 441 g/mol. The van der Waals surface area contributed by atoms with Crippen LogP contribution in [0.1, 0.15) is 27.1 Å². The van der Waals surface area contributed by atoms with Crippen LogP contribution in [0.25, 0.3) is 11.0 Å². The first-order chi connectivity index (χ1) is 15.5. The number of ether oxygens (including phenoxy) is 4. The molecule has 0 aliphatic rings. The highest BCUT2D eigenvalue weighted by atomic mass is 16.5. The quantitative estimate of drug-likeness (QED) is 0.233. The lowest BCUT2D eigenvalue weighted by atomic mass is 10.1. The van der Waals surface area contributed by atoms with Crippen LogP contribution in [0.3, 0.4) is 0 Å². The summed E-state index contributed by atoms with van der Waals surface area (Å²) < 4.78 is 25.9. The number of carbonyl (C=O) groups is 2. The lowest BCUT2D eigenvalue weighted by molar-refractivity contribution is 0.0734. The second-order valence-corrected chi connectivity index (χ2v) is 6.71. The van der Waals surface area contributed by atoms with E-state index in [1.165, 1.54) is 32.4 Å². The van der Waals surface area contributed by atoms with E-state index in [1.807, 2.05) is 0 Å². The molecular weight excluding hydrogens is 418 g/mol. The van der Waals surface area contributed by atoms with Crippen molar-refractivity contribution in [2.24, 2.45) is 0 Å². The molecule has 0 bridgehead atoms. The van der Waals surface area contributed by atoms with Crippen molar-refractivity contribution in [3.8, 4) is 17.2 Å². The van der Waals surface area contributed by atoms with Gasteiger partial charge in [-0.25, -0.2) is 9.59 Å². The van der Waals surface area contributed by atoms with Gasteiger partial charge in [0.15, 0.2) is 11.5 Å². The Labute approximate surface area is 183 Å². The zero-order valence-corrected chi connectivity index (χ0v) is 17.9. The maximum absolute atomic E-state index is 12.5. The number of nitrogens with one attached hydrogen (secondary N) is 1. The molecule has 0 unspecified atom stereocenters. The van der Waals surface area contributed by atoms with Crippen molar-refractivity contribution in [1.82, 2.24) is 5.32 Å². The normalized spacial score (nSPS) is 10.6. The fourth-order valence-electron chi connectivity index (χ4n) is 2.96. The molecule has 3 aromatic rings. The van der Waals surface area contributed by atoms with Crippen LogP contribution in [0, 0.1) is 0 Å². The van der Waals surface area contributed by atoms with Crippen molar-refractivity contribution in [3.63, 3.8) is 0 Å². The third-order valence-electron chi connectivity index (χ3n) is 4.59. The molecule has 0 atom stereocenters. The molecule has 32 heavy (non-hydrogen) atoms. The largest absolute Gasteiger partial charge is 0.493 e. The van der Waals surface area contributed by atoms with E-state index in [-0.39, 0.29) is 22.5 Å². The fourth-order valence-corrected chi connectivity index (χ4v) is 2.96. The van der Waals surface area contributed by atoms with Crippen LogP contribution in [0.15, 0.2) is 51.7 Å². The first-order valence-corrected chi connectivity index (χ1v) is 9.76. The summed E-state index contributed by atoms with van der Waals surface area (Å²) in [5.74, 6) is -0.104. The van der Waals surface area contributed by atoms with Gasteiger partial charge in [0.05, 0.1) is 19.8 Å². The van der Waals surface area contributed by atoms with Crippen molar-refractivity contribution in [2.45, 2.75) is 6.42 Å². The van der Waals surface area contributed by atoms with Gasteiger partial charge >= 0.3 is 11.6 Å². The van der Waals surface area contributed by atoms with Crippen molar-refractivity contribution in [2.75, 3.05) is 34.5 Å². The number of esters is 1. The molecule has 0 spiro atoms. The Kier molecular flexibility index (Phi) is 7.45. The van der Waals surface area contributed by atoms with Crippen molar-refractivity contribution >= 4 is 22.8 Å². The molecule has 0 aliphatic carbocycles. The SMILES string of the molecule is COCCCNC(=O)c1cc2ccc(OC(=O)c3ccc(OC)c(OC)c3)cc2oc1=O. The summed E-state index contributed by atoms with van der Waals surface area (Å²) in [6, 6.07) is 10.6. The molecule has 0 radical (unpaired) electrons. The summed E-state index contributed by atoms with van der Waals surface area (Å²) >= 11 is 0. The van der Waals surface area contributed by atoms with Crippen LogP contribution in [0.4, 0.5) is 0 Å². The molecule has 168 valence electrons. The van der Waals surface area contributed by atoms with E-state index in [9.17, 15) is 14.4 Å². The molecule has 2 aromatic carbocycles. The van der Waals surface area contributed by atoms with Crippen molar-refractivity contribution in [3.05, 3.63) is 64.0 Å². The van der Waals surface area contributed by atoms with Crippen LogP contribution in [-0.2, 0) is 4.74 Å². The van der Waals surface area contributed by atoms with Gasteiger partial charge in [-0.15, -0.1) is 0 Å². The Morgan fingerprint density at radius 3 is 2.47 bits per heavy atom. The molecule has 0 fully saturated rings. The van der Waals surface area contributed by atoms with E-state index in [2.05, 4.69) is 5.32 Å². The van der Waals surface area contributed by atoms with E-state index in [1.54, 1.807) is 31.4 Å². The minimum absolute atomic E-state index is 0.106. The lowest BCUT2D eigenvalue weighted by Gasteiger charge is -2.10. The third kappa shape index (κ3) is 5.25. The molecule has 1 amide bonds. The summed E-state index contributed by atoms with van der Waals surface area (Å²) in [6.45, 7) is 0.868. The average Bonchev–Trinajstić information content (AvgIpc) is 2.80. The summed E-state index contributed by atoms with van der Waals surface area (Å²) in [4.78, 5) is 37.0. The van der Waals surface area contributed by atoms with Gasteiger partial charge in [0, 0.05) is 31.7 Å². The van der Waals surface area contributed by atoms with Gasteiger partial charge < -0.3 is 28.7 Å². The monoisotopic (exact) mass is 441 g/mol. The Hall–Kier alpha value is -3.85. The molecule has 0 aliphatic heterocycles. The molecule has 0 saturated carbocycles. The highest BCUT2D eigenvalue weighted by Gasteiger charge is 2.16. The number of fused-ring (bicyclic) bond motifs is 1. The Morgan fingerprint density at radius 1 is 0.969 bits per heavy atom. The molecular formula is C23H23NO8. The first-order valence-electron chi connectivity index (χ1n) is 9.76. The summed E-state index contributed by atoms with van der Waals surface area (Å²) in [5, 5.41) is 3.16. The van der Waals surface area contributed by atoms with Crippen molar-refractivity contribution in [1.29, 1.82) is 0 Å². The minimum Gasteiger partial charge on any atom is -0.493 e. The smallest absolute Gasteiger partial charge is 0.349 e. The Bertz CT molecular complexity index is 1180. The highest BCUT2D eigenvalue weighted by molar-refractivity contribution is 5.97. The van der Waals surface area contributed by atoms with Gasteiger partial charge in [0.2, 0.25) is 0 Å². The Morgan fingerprint density at radius 2 is 1.75 bits per heavy atom. The fraction of sp³-hybridized carbons (Fsp3) is 0.261. The predicted octanol–water partition coefficient (Wildman–Crippen LogP) is 2.80. The van der Waals surface area contributed by atoms with Gasteiger partial charge in [0.25, 0.3) is 5.91 Å². The van der Waals surface area contributed by atoms with Crippen LogP contribution in [0.5, 0.6) is 17.2 Å². The molecule has 1 N–H and O–H groups in total. The zero-order chi connectivity index (χ0) is 23.1. The number of amides is 1. The van der Waals surface area contributed by atoms with Gasteiger partial charge in [-0.3, -0.25) is 4.79 Å². The van der Waals surface area contributed by atoms with E-state index in [0.717, 1.165) is 0 Å². The molecule has 9 nitrogen and oxygen atoms in total. The number of hydrogen-bond acceptors (Lipinski definition) is 8. The topological polar surface area (TPSA) is 113 Å². The van der Waals surface area contributed by atoms with Crippen LogP contribution in [0.2, 0.25) is 0 Å². The molecule has 0 saturated heterocycles. The van der Waals surface area contributed by atoms with Gasteiger partial charge in [0.1, 0.15) is 16.9 Å². The lowest BCUT2D eigenvalue weighted by Crippen LogP contribution is -2.29. The van der Waals surface area contributed by atoms with Crippen LogP contribution >= 0.6 is 0 Å². The first kappa shape index (κ1) is 22.8. The number of carbonyl (C=O) groups excluding carboxylic acids is 2. The molecule has 1 aromatic heterocycles. The van der Waals surface area contributed by atoms with Crippen LogP contribution in [-0.4, -0.2) is 46.4 Å². The van der Waals surface area contributed by atoms with Crippen LogP contribution < -0.4 is 25.2 Å². The maximum atomic E-state index is 12.5. The molecule has 9 heteroatoms. The van der Waals surface area contributed by atoms with E-state index in [4.69, 9.17) is 23.4 Å². The minimum atomic E-state index is -0.787. The number of hydrogen-bond donors (Lipinski definition) is 1. The summed E-state index contributed by atoms with van der Waals surface area (Å²) in [6.07, 6.45) is 0.621. The summed E-state index contributed by atoms with van der Waals surface area (Å²) in [7, 11) is 4.53. The molecule has 1 heterocycles. The maximum Gasteiger partial charge on any atom is 0.349 e. The number of methoxy groups -OCH3 is 3. The van der Waals surface area contributed by atoms with E-state index < -0.39 is 17.5 Å². The van der Waals surface area contributed by atoms with Gasteiger partial charge in [-0.2, -0.15) is 0 Å². The molecule has 3 rings (SSSR count).